The second-order valence-electron chi connectivity index (χ2n) is 2.12. The van der Waals surface area contributed by atoms with Crippen molar-refractivity contribution in [2.24, 2.45) is 0 Å². The SMILES string of the molecule is CCOCCNC(=O)CC(=O)O. The van der Waals surface area contributed by atoms with Gasteiger partial charge in [0.05, 0.1) is 6.61 Å². The maximum Gasteiger partial charge on any atom is 0.312 e. The Morgan fingerprint density at radius 3 is 2.67 bits per heavy atom. The molecule has 0 aliphatic heterocycles. The molecule has 0 radical (unpaired) electrons. The number of rotatable bonds is 6. The van der Waals surface area contributed by atoms with Gasteiger partial charge < -0.3 is 15.2 Å². The number of carbonyl (C=O) groups is 2. The molecule has 70 valence electrons. The number of carboxylic acids is 1. The van der Waals surface area contributed by atoms with Gasteiger partial charge in [-0.2, -0.15) is 0 Å². The average molecular weight is 175 g/mol. The van der Waals surface area contributed by atoms with Crippen molar-refractivity contribution in [1.82, 2.24) is 5.32 Å². The molecule has 0 spiro atoms. The van der Waals surface area contributed by atoms with Crippen LogP contribution < -0.4 is 5.32 Å². The van der Waals surface area contributed by atoms with E-state index in [2.05, 4.69) is 5.32 Å². The number of ether oxygens (including phenoxy) is 1. The van der Waals surface area contributed by atoms with Crippen molar-refractivity contribution in [1.29, 1.82) is 0 Å². The maximum atomic E-state index is 10.7. The maximum absolute atomic E-state index is 10.7. The fourth-order valence-corrected chi connectivity index (χ4v) is 0.607. The highest BCUT2D eigenvalue weighted by molar-refractivity contribution is 5.93. The van der Waals surface area contributed by atoms with Crippen molar-refractivity contribution < 1.29 is 19.4 Å². The standard InChI is InChI=1S/C7H13NO4/c1-2-12-4-3-8-6(9)5-7(10)11/h2-5H2,1H3,(H,8,9)(H,10,11). The Bertz CT molecular complexity index is 157. The first kappa shape index (κ1) is 10.9. The monoisotopic (exact) mass is 175 g/mol. The molecule has 5 nitrogen and oxygen atoms in total. The lowest BCUT2D eigenvalue weighted by atomic mass is 10.4. The van der Waals surface area contributed by atoms with Crippen LogP contribution in [-0.2, 0) is 14.3 Å². The van der Waals surface area contributed by atoms with Gasteiger partial charge in [0.1, 0.15) is 6.42 Å². The van der Waals surface area contributed by atoms with Crippen molar-refractivity contribution in [2.45, 2.75) is 13.3 Å². The minimum atomic E-state index is -1.12. The lowest BCUT2D eigenvalue weighted by molar-refractivity contribution is -0.140. The topological polar surface area (TPSA) is 75.6 Å². The highest BCUT2D eigenvalue weighted by Crippen LogP contribution is 1.78. The third kappa shape index (κ3) is 7.01. The van der Waals surface area contributed by atoms with Crippen molar-refractivity contribution in [2.75, 3.05) is 19.8 Å². The summed E-state index contributed by atoms with van der Waals surface area (Å²) in [4.78, 5) is 20.7. The molecule has 0 unspecified atom stereocenters. The van der Waals surface area contributed by atoms with Gasteiger partial charge in [0.25, 0.3) is 0 Å². The molecule has 0 rings (SSSR count). The van der Waals surface area contributed by atoms with E-state index < -0.39 is 18.3 Å². The van der Waals surface area contributed by atoms with Crippen molar-refractivity contribution in [3.8, 4) is 0 Å². The van der Waals surface area contributed by atoms with Crippen LogP contribution in [0, 0.1) is 0 Å². The fraction of sp³-hybridized carbons (Fsp3) is 0.714. The molecule has 0 aromatic carbocycles. The van der Waals surface area contributed by atoms with E-state index in [1.54, 1.807) is 0 Å². The van der Waals surface area contributed by atoms with Crippen LogP contribution in [0.1, 0.15) is 13.3 Å². The van der Waals surface area contributed by atoms with Gasteiger partial charge in [0, 0.05) is 13.2 Å². The van der Waals surface area contributed by atoms with E-state index in [-0.39, 0.29) is 0 Å². The third-order valence-corrected chi connectivity index (χ3v) is 1.08. The zero-order valence-corrected chi connectivity index (χ0v) is 7.00. The average Bonchev–Trinajstić information content (AvgIpc) is 1.97. The van der Waals surface area contributed by atoms with Crippen LogP contribution in [0.15, 0.2) is 0 Å². The van der Waals surface area contributed by atoms with Crippen LogP contribution in [-0.4, -0.2) is 36.7 Å². The van der Waals surface area contributed by atoms with Gasteiger partial charge in [-0.05, 0) is 6.92 Å². The molecule has 0 saturated carbocycles. The largest absolute Gasteiger partial charge is 0.481 e. The predicted molar refractivity (Wildman–Crippen MR) is 41.8 cm³/mol. The molecular formula is C7H13NO4. The highest BCUT2D eigenvalue weighted by atomic mass is 16.5. The third-order valence-electron chi connectivity index (χ3n) is 1.08. The molecule has 0 heterocycles. The smallest absolute Gasteiger partial charge is 0.312 e. The predicted octanol–water partition coefficient (Wildman–Crippen LogP) is -0.386. The minimum absolute atomic E-state index is 0.361. The number of aliphatic carboxylic acids is 1. The molecule has 1 amide bonds. The molecule has 0 aromatic heterocycles. The Hall–Kier alpha value is -1.10. The van der Waals surface area contributed by atoms with Gasteiger partial charge in [-0.15, -0.1) is 0 Å². The van der Waals surface area contributed by atoms with E-state index in [1.165, 1.54) is 0 Å². The lowest BCUT2D eigenvalue weighted by Gasteiger charge is -2.02. The molecule has 0 aliphatic carbocycles. The van der Waals surface area contributed by atoms with E-state index in [0.29, 0.717) is 19.8 Å². The fourth-order valence-electron chi connectivity index (χ4n) is 0.607. The second-order valence-corrected chi connectivity index (χ2v) is 2.12. The van der Waals surface area contributed by atoms with E-state index in [4.69, 9.17) is 9.84 Å². The second kappa shape index (κ2) is 6.60. The molecule has 0 aromatic rings. The molecule has 0 aliphatic rings. The first-order chi connectivity index (χ1) is 5.66. The Morgan fingerprint density at radius 1 is 1.50 bits per heavy atom. The van der Waals surface area contributed by atoms with Gasteiger partial charge >= 0.3 is 5.97 Å². The van der Waals surface area contributed by atoms with Crippen LogP contribution >= 0.6 is 0 Å². The van der Waals surface area contributed by atoms with Crippen LogP contribution in [0.2, 0.25) is 0 Å². The lowest BCUT2D eigenvalue weighted by Crippen LogP contribution is -2.28. The van der Waals surface area contributed by atoms with Gasteiger partial charge in [-0.3, -0.25) is 9.59 Å². The quantitative estimate of drug-likeness (QED) is 0.426. The zero-order valence-electron chi connectivity index (χ0n) is 7.00. The molecule has 0 fully saturated rings. The number of carboxylic acid groups (broad SMARTS) is 1. The van der Waals surface area contributed by atoms with Crippen LogP contribution in [0.25, 0.3) is 0 Å². The summed E-state index contributed by atoms with van der Waals surface area (Å²) in [6.45, 7) is 3.22. The van der Waals surface area contributed by atoms with Crippen LogP contribution in [0.4, 0.5) is 0 Å². The van der Waals surface area contributed by atoms with E-state index in [1.807, 2.05) is 6.92 Å². The Labute approximate surface area is 70.7 Å². The molecule has 2 N–H and O–H groups in total. The van der Waals surface area contributed by atoms with Crippen molar-refractivity contribution in [3.05, 3.63) is 0 Å². The first-order valence-electron chi connectivity index (χ1n) is 3.73. The number of hydrogen-bond donors (Lipinski definition) is 2. The van der Waals surface area contributed by atoms with E-state index in [0.717, 1.165) is 0 Å². The van der Waals surface area contributed by atoms with E-state index in [9.17, 15) is 9.59 Å². The molecule has 0 bridgehead atoms. The summed E-state index contributed by atoms with van der Waals surface area (Å²) in [5.41, 5.74) is 0. The van der Waals surface area contributed by atoms with E-state index >= 15 is 0 Å². The minimum Gasteiger partial charge on any atom is -0.481 e. The summed E-state index contributed by atoms with van der Waals surface area (Å²) in [5.74, 6) is -1.61. The molecule has 0 atom stereocenters. The summed E-state index contributed by atoms with van der Waals surface area (Å²) in [5, 5.41) is 10.6. The van der Waals surface area contributed by atoms with Gasteiger partial charge in [0.15, 0.2) is 0 Å². The summed E-state index contributed by atoms with van der Waals surface area (Å²) >= 11 is 0. The number of hydrogen-bond acceptors (Lipinski definition) is 3. The van der Waals surface area contributed by atoms with Gasteiger partial charge in [-0.1, -0.05) is 0 Å². The normalized spacial score (nSPS) is 9.42. The number of nitrogens with one attached hydrogen (secondary N) is 1. The van der Waals surface area contributed by atoms with Crippen molar-refractivity contribution in [3.63, 3.8) is 0 Å². The van der Waals surface area contributed by atoms with Crippen LogP contribution in [0.3, 0.4) is 0 Å². The molecule has 5 heteroatoms. The molecule has 0 saturated heterocycles. The van der Waals surface area contributed by atoms with Gasteiger partial charge in [0.2, 0.25) is 5.91 Å². The zero-order chi connectivity index (χ0) is 9.40. The number of amides is 1. The molecular weight excluding hydrogens is 162 g/mol. The Balaban J connectivity index is 3.26. The van der Waals surface area contributed by atoms with Crippen molar-refractivity contribution >= 4 is 11.9 Å². The summed E-state index contributed by atoms with van der Waals surface area (Å²) in [6, 6.07) is 0. The Morgan fingerprint density at radius 2 is 2.17 bits per heavy atom. The number of carbonyl (C=O) groups excluding carboxylic acids is 1. The summed E-state index contributed by atoms with van der Waals surface area (Å²) < 4.78 is 4.93. The van der Waals surface area contributed by atoms with Gasteiger partial charge in [-0.25, -0.2) is 0 Å². The Kier molecular flexibility index (Phi) is 6.00. The highest BCUT2D eigenvalue weighted by Gasteiger charge is 2.05. The van der Waals surface area contributed by atoms with Crippen LogP contribution in [0.5, 0.6) is 0 Å². The summed E-state index contributed by atoms with van der Waals surface area (Å²) in [6.07, 6.45) is -0.480. The summed E-state index contributed by atoms with van der Waals surface area (Å²) in [7, 11) is 0. The molecule has 12 heavy (non-hydrogen) atoms. The first-order valence-corrected chi connectivity index (χ1v) is 3.73.